The molecule has 1 aromatic carbocycles. The fourth-order valence-electron chi connectivity index (χ4n) is 2.99. The molecule has 0 aliphatic carbocycles. The lowest BCUT2D eigenvalue weighted by Crippen LogP contribution is -2.25. The molecule has 19 heavy (non-hydrogen) atoms. The number of rotatable bonds is 6. The van der Waals surface area contributed by atoms with Gasteiger partial charge < -0.3 is 10.6 Å². The first-order valence-electron chi connectivity index (χ1n) is 7.42. The first kappa shape index (κ1) is 14.8. The highest BCUT2D eigenvalue weighted by molar-refractivity contribution is 6.30. The number of hydrogen-bond acceptors (Lipinski definition) is 2. The molecular weight excluding hydrogens is 256 g/mol. The van der Waals surface area contributed by atoms with E-state index >= 15 is 0 Å². The van der Waals surface area contributed by atoms with Crippen LogP contribution in [0.4, 0.5) is 0 Å². The van der Waals surface area contributed by atoms with Crippen molar-refractivity contribution in [1.29, 1.82) is 0 Å². The van der Waals surface area contributed by atoms with E-state index in [1.165, 1.54) is 32.4 Å². The highest BCUT2D eigenvalue weighted by Gasteiger charge is 2.21. The van der Waals surface area contributed by atoms with Crippen LogP contribution in [0, 0.1) is 5.92 Å². The van der Waals surface area contributed by atoms with Crippen LogP contribution in [0.1, 0.15) is 44.2 Å². The molecule has 106 valence electrons. The predicted molar refractivity (Wildman–Crippen MR) is 82.5 cm³/mol. The molecule has 1 aliphatic heterocycles. The van der Waals surface area contributed by atoms with Crippen LogP contribution >= 0.6 is 11.6 Å². The molecule has 3 heteroatoms. The molecule has 2 atom stereocenters. The fourth-order valence-corrected chi connectivity index (χ4v) is 3.18. The Morgan fingerprint density at radius 1 is 1.47 bits per heavy atom. The average molecular weight is 281 g/mol. The van der Waals surface area contributed by atoms with E-state index in [1.54, 1.807) is 0 Å². The van der Waals surface area contributed by atoms with Gasteiger partial charge in [0, 0.05) is 17.6 Å². The van der Waals surface area contributed by atoms with E-state index in [0.717, 1.165) is 29.5 Å². The van der Waals surface area contributed by atoms with Gasteiger partial charge in [-0.25, -0.2) is 0 Å². The Bertz CT molecular complexity index is 394. The quantitative estimate of drug-likeness (QED) is 0.858. The van der Waals surface area contributed by atoms with E-state index in [0.29, 0.717) is 0 Å². The third kappa shape index (κ3) is 4.48. The zero-order valence-corrected chi connectivity index (χ0v) is 12.6. The summed E-state index contributed by atoms with van der Waals surface area (Å²) >= 11 is 6.00. The number of likely N-dealkylation sites (tertiary alicyclic amines) is 1. The van der Waals surface area contributed by atoms with Gasteiger partial charge in [0.1, 0.15) is 0 Å². The summed E-state index contributed by atoms with van der Waals surface area (Å²) in [6, 6.07) is 8.03. The Morgan fingerprint density at radius 2 is 2.32 bits per heavy atom. The second kappa shape index (κ2) is 7.28. The van der Waals surface area contributed by atoms with Crippen molar-refractivity contribution in [2.45, 2.75) is 38.6 Å². The summed E-state index contributed by atoms with van der Waals surface area (Å²) in [5.74, 6) is 0.910. The maximum Gasteiger partial charge on any atom is 0.0409 e. The zero-order valence-electron chi connectivity index (χ0n) is 11.8. The monoisotopic (exact) mass is 280 g/mol. The average Bonchev–Trinajstić information content (AvgIpc) is 2.84. The molecule has 1 aliphatic rings. The SMILES string of the molecule is CCCC1CCN(CCC(N)c2cccc(Cl)c2)C1. The van der Waals surface area contributed by atoms with Gasteiger partial charge in [-0.1, -0.05) is 37.1 Å². The minimum atomic E-state index is 0.101. The molecule has 1 fully saturated rings. The summed E-state index contributed by atoms with van der Waals surface area (Å²) in [6.07, 6.45) is 5.05. The van der Waals surface area contributed by atoms with Crippen molar-refractivity contribution in [3.05, 3.63) is 34.9 Å². The molecule has 0 bridgehead atoms. The van der Waals surface area contributed by atoms with Crippen molar-refractivity contribution in [3.63, 3.8) is 0 Å². The van der Waals surface area contributed by atoms with Gasteiger partial charge in [-0.05, 0) is 56.0 Å². The normalized spacial score (nSPS) is 21.7. The molecule has 2 N–H and O–H groups in total. The molecule has 0 saturated carbocycles. The molecule has 0 radical (unpaired) electrons. The highest BCUT2D eigenvalue weighted by Crippen LogP contribution is 2.23. The van der Waals surface area contributed by atoms with Crippen LogP contribution in [0.3, 0.4) is 0 Å². The summed E-state index contributed by atoms with van der Waals surface area (Å²) in [6.45, 7) is 5.88. The van der Waals surface area contributed by atoms with Crippen molar-refractivity contribution in [1.82, 2.24) is 4.90 Å². The fraction of sp³-hybridized carbons (Fsp3) is 0.625. The molecule has 2 unspecified atom stereocenters. The van der Waals surface area contributed by atoms with E-state index < -0.39 is 0 Å². The van der Waals surface area contributed by atoms with Gasteiger partial charge >= 0.3 is 0 Å². The molecule has 1 aromatic rings. The molecule has 1 heterocycles. The Labute approximate surface area is 121 Å². The third-order valence-electron chi connectivity index (χ3n) is 4.10. The van der Waals surface area contributed by atoms with E-state index in [-0.39, 0.29) is 6.04 Å². The van der Waals surface area contributed by atoms with Gasteiger partial charge in [0.05, 0.1) is 0 Å². The van der Waals surface area contributed by atoms with Crippen molar-refractivity contribution < 1.29 is 0 Å². The van der Waals surface area contributed by atoms with Crippen molar-refractivity contribution in [2.75, 3.05) is 19.6 Å². The Hall–Kier alpha value is -0.570. The highest BCUT2D eigenvalue weighted by atomic mass is 35.5. The maximum absolute atomic E-state index is 6.25. The summed E-state index contributed by atoms with van der Waals surface area (Å²) in [4.78, 5) is 2.56. The lowest BCUT2D eigenvalue weighted by molar-refractivity contribution is 0.306. The Balaban J connectivity index is 1.76. The van der Waals surface area contributed by atoms with Crippen LogP contribution in [-0.4, -0.2) is 24.5 Å². The number of nitrogens with zero attached hydrogens (tertiary/aromatic N) is 1. The number of benzene rings is 1. The van der Waals surface area contributed by atoms with Crippen LogP contribution in [-0.2, 0) is 0 Å². The number of halogens is 1. The van der Waals surface area contributed by atoms with E-state index in [2.05, 4.69) is 17.9 Å². The van der Waals surface area contributed by atoms with Crippen LogP contribution in [0.25, 0.3) is 0 Å². The molecule has 2 rings (SSSR count). The Kier molecular flexibility index (Phi) is 5.68. The van der Waals surface area contributed by atoms with Gasteiger partial charge in [0.15, 0.2) is 0 Å². The smallest absolute Gasteiger partial charge is 0.0409 e. The van der Waals surface area contributed by atoms with Crippen molar-refractivity contribution >= 4 is 11.6 Å². The van der Waals surface area contributed by atoms with E-state index in [9.17, 15) is 0 Å². The van der Waals surface area contributed by atoms with Crippen LogP contribution in [0.2, 0.25) is 5.02 Å². The van der Waals surface area contributed by atoms with Gasteiger partial charge in [0.2, 0.25) is 0 Å². The van der Waals surface area contributed by atoms with Gasteiger partial charge in [-0.2, -0.15) is 0 Å². The van der Waals surface area contributed by atoms with Crippen LogP contribution in [0.5, 0.6) is 0 Å². The topological polar surface area (TPSA) is 29.3 Å². The molecular formula is C16H25ClN2. The van der Waals surface area contributed by atoms with Crippen molar-refractivity contribution in [3.8, 4) is 0 Å². The molecule has 1 saturated heterocycles. The second-order valence-electron chi connectivity index (χ2n) is 5.69. The molecule has 0 amide bonds. The standard InChI is InChI=1S/C16H25ClN2/c1-2-4-13-7-9-19(12-13)10-8-16(18)14-5-3-6-15(17)11-14/h3,5-6,11,13,16H,2,4,7-10,12,18H2,1H3. The third-order valence-corrected chi connectivity index (χ3v) is 4.34. The lowest BCUT2D eigenvalue weighted by Gasteiger charge is -2.19. The largest absolute Gasteiger partial charge is 0.324 e. The minimum absolute atomic E-state index is 0.101. The van der Waals surface area contributed by atoms with Crippen LogP contribution in [0.15, 0.2) is 24.3 Å². The molecule has 2 nitrogen and oxygen atoms in total. The molecule has 0 spiro atoms. The zero-order chi connectivity index (χ0) is 13.7. The van der Waals surface area contributed by atoms with E-state index in [4.69, 9.17) is 17.3 Å². The van der Waals surface area contributed by atoms with Gasteiger partial charge in [0.25, 0.3) is 0 Å². The van der Waals surface area contributed by atoms with Crippen molar-refractivity contribution in [2.24, 2.45) is 11.7 Å². The summed E-state index contributed by atoms with van der Waals surface area (Å²) < 4.78 is 0. The predicted octanol–water partition coefficient (Wildman–Crippen LogP) is 3.85. The van der Waals surface area contributed by atoms with E-state index in [1.807, 2.05) is 18.2 Å². The summed E-state index contributed by atoms with van der Waals surface area (Å²) in [5, 5.41) is 0.775. The lowest BCUT2D eigenvalue weighted by atomic mass is 10.0. The first-order valence-corrected chi connectivity index (χ1v) is 7.80. The Morgan fingerprint density at radius 3 is 3.05 bits per heavy atom. The maximum atomic E-state index is 6.25. The number of hydrogen-bond donors (Lipinski definition) is 1. The minimum Gasteiger partial charge on any atom is -0.324 e. The van der Waals surface area contributed by atoms with Crippen LogP contribution < -0.4 is 5.73 Å². The van der Waals surface area contributed by atoms with Gasteiger partial charge in [-0.15, -0.1) is 0 Å². The summed E-state index contributed by atoms with van der Waals surface area (Å²) in [7, 11) is 0. The second-order valence-corrected chi connectivity index (χ2v) is 6.13. The number of nitrogens with two attached hydrogens (primary N) is 1. The molecule has 0 aromatic heterocycles. The van der Waals surface area contributed by atoms with Gasteiger partial charge in [-0.3, -0.25) is 0 Å². The first-order chi connectivity index (χ1) is 9.19. The summed E-state index contributed by atoms with van der Waals surface area (Å²) in [5.41, 5.74) is 7.40.